The number of hydrogen-bond donors (Lipinski definition) is 0. The zero-order valence-corrected chi connectivity index (χ0v) is 17.4. The van der Waals surface area contributed by atoms with Crippen LogP contribution in [0.2, 0.25) is 0 Å². The normalized spacial score (nSPS) is 20.1. The van der Waals surface area contributed by atoms with Gasteiger partial charge in [0.15, 0.2) is 0 Å². The molecule has 5 heteroatoms. The van der Waals surface area contributed by atoms with E-state index in [4.69, 9.17) is 4.74 Å². The van der Waals surface area contributed by atoms with E-state index in [1.54, 1.807) is 0 Å². The molecule has 0 bridgehead atoms. The van der Waals surface area contributed by atoms with Crippen molar-refractivity contribution in [2.45, 2.75) is 72.8 Å². The van der Waals surface area contributed by atoms with Crippen molar-refractivity contribution in [3.05, 3.63) is 23.3 Å². The van der Waals surface area contributed by atoms with Crippen molar-refractivity contribution < 1.29 is 14.1 Å². The SMILES string of the molecule is CCCC[S+]([O-])N1CC=C(C(=O)OCC)[C@H]1C[C@@H](C)CCC=C(C)C. The second-order valence-corrected chi connectivity index (χ2v) is 8.59. The van der Waals surface area contributed by atoms with Crippen LogP contribution in [-0.4, -0.2) is 39.8 Å². The number of esters is 1. The lowest BCUT2D eigenvalue weighted by Gasteiger charge is -2.29. The standard InChI is InChI=1S/C20H35NO3S/c1-6-8-14-25(23)21-13-12-18(20(22)24-7-2)19(21)15-17(5)11-9-10-16(3)4/h10,12,17,19H,6-9,11,13-15H2,1-5H3/t17-,19+,25?/m0/s1. The van der Waals surface area contributed by atoms with Gasteiger partial charge in [-0.1, -0.05) is 38.0 Å². The third kappa shape index (κ3) is 7.55. The van der Waals surface area contributed by atoms with Gasteiger partial charge in [0.25, 0.3) is 0 Å². The first kappa shape index (κ1) is 22.3. The second kappa shape index (κ2) is 11.8. The molecule has 0 aromatic carbocycles. The lowest BCUT2D eigenvalue weighted by atomic mass is 9.93. The molecule has 0 amide bonds. The van der Waals surface area contributed by atoms with E-state index in [0.717, 1.165) is 32.1 Å². The van der Waals surface area contributed by atoms with Crippen LogP contribution in [0.5, 0.6) is 0 Å². The highest BCUT2D eigenvalue weighted by Crippen LogP contribution is 2.30. The average Bonchev–Trinajstić information content (AvgIpc) is 2.96. The van der Waals surface area contributed by atoms with Crippen LogP contribution in [0.25, 0.3) is 0 Å². The molecule has 3 atom stereocenters. The van der Waals surface area contributed by atoms with Crippen molar-refractivity contribution in [1.82, 2.24) is 4.31 Å². The third-order valence-electron chi connectivity index (χ3n) is 4.48. The molecule has 4 nitrogen and oxygen atoms in total. The Bertz CT molecular complexity index is 472. The Morgan fingerprint density at radius 1 is 1.48 bits per heavy atom. The Balaban J connectivity index is 2.76. The largest absolute Gasteiger partial charge is 0.598 e. The van der Waals surface area contributed by atoms with Crippen LogP contribution >= 0.6 is 0 Å². The molecule has 0 aromatic rings. The Hall–Kier alpha value is -0.780. The minimum atomic E-state index is -1.03. The van der Waals surface area contributed by atoms with Crippen molar-refractivity contribution in [2.24, 2.45) is 5.92 Å². The molecule has 1 aliphatic rings. The highest BCUT2D eigenvalue weighted by Gasteiger charge is 2.39. The van der Waals surface area contributed by atoms with Crippen LogP contribution in [0.1, 0.15) is 66.7 Å². The minimum Gasteiger partial charge on any atom is -0.598 e. The van der Waals surface area contributed by atoms with Crippen molar-refractivity contribution in [3.8, 4) is 0 Å². The number of allylic oxidation sites excluding steroid dienone is 2. The van der Waals surface area contributed by atoms with E-state index in [-0.39, 0.29) is 12.0 Å². The van der Waals surface area contributed by atoms with Crippen LogP contribution in [-0.2, 0) is 20.9 Å². The van der Waals surface area contributed by atoms with Crippen LogP contribution in [0.4, 0.5) is 0 Å². The van der Waals surface area contributed by atoms with Gasteiger partial charge < -0.3 is 9.29 Å². The van der Waals surface area contributed by atoms with E-state index in [1.165, 1.54) is 5.57 Å². The van der Waals surface area contributed by atoms with Crippen molar-refractivity contribution in [1.29, 1.82) is 0 Å². The molecular weight excluding hydrogens is 334 g/mol. The first-order valence-electron chi connectivity index (χ1n) is 9.56. The van der Waals surface area contributed by atoms with E-state index in [9.17, 15) is 9.35 Å². The fraction of sp³-hybridized carbons (Fsp3) is 0.750. The number of nitrogens with zero attached hydrogens (tertiary/aromatic N) is 1. The highest BCUT2D eigenvalue weighted by molar-refractivity contribution is 7.89. The van der Waals surface area contributed by atoms with E-state index in [0.29, 0.717) is 30.4 Å². The molecule has 1 unspecified atom stereocenters. The molecule has 0 aromatic heterocycles. The summed E-state index contributed by atoms with van der Waals surface area (Å²) in [5.74, 6) is 0.879. The summed E-state index contributed by atoms with van der Waals surface area (Å²) in [6.07, 6.45) is 9.11. The molecule has 0 fully saturated rings. The Morgan fingerprint density at radius 3 is 2.80 bits per heavy atom. The van der Waals surface area contributed by atoms with Crippen LogP contribution < -0.4 is 0 Å². The predicted molar refractivity (Wildman–Crippen MR) is 106 cm³/mol. The Labute approximate surface area is 157 Å². The molecule has 1 heterocycles. The molecule has 0 aliphatic carbocycles. The summed E-state index contributed by atoms with van der Waals surface area (Å²) < 4.78 is 19.9. The molecular formula is C20H35NO3S. The zero-order chi connectivity index (χ0) is 18.8. The quantitative estimate of drug-likeness (QED) is 0.308. The van der Waals surface area contributed by atoms with Crippen LogP contribution in [0.3, 0.4) is 0 Å². The number of unbranched alkanes of at least 4 members (excludes halogenated alkanes) is 1. The summed E-state index contributed by atoms with van der Waals surface area (Å²) in [7, 11) is 0. The van der Waals surface area contributed by atoms with Crippen LogP contribution in [0, 0.1) is 5.92 Å². The number of ether oxygens (including phenoxy) is 1. The topological polar surface area (TPSA) is 52.6 Å². The molecule has 144 valence electrons. The van der Waals surface area contributed by atoms with Gasteiger partial charge >= 0.3 is 5.97 Å². The van der Waals surface area contributed by atoms with E-state index in [1.807, 2.05) is 17.3 Å². The van der Waals surface area contributed by atoms with Gasteiger partial charge in [0, 0.05) is 11.4 Å². The summed E-state index contributed by atoms with van der Waals surface area (Å²) in [6.45, 7) is 11.3. The van der Waals surface area contributed by atoms with Gasteiger partial charge in [-0.15, -0.1) is 4.31 Å². The molecule has 0 saturated carbocycles. The zero-order valence-electron chi connectivity index (χ0n) is 16.5. The predicted octanol–water partition coefficient (Wildman–Crippen LogP) is 4.40. The first-order valence-corrected chi connectivity index (χ1v) is 10.8. The van der Waals surface area contributed by atoms with Crippen molar-refractivity contribution >= 4 is 17.3 Å². The summed E-state index contributed by atoms with van der Waals surface area (Å²) in [6, 6.07) is -0.0848. The second-order valence-electron chi connectivity index (χ2n) is 7.07. The van der Waals surface area contributed by atoms with Crippen molar-refractivity contribution in [2.75, 3.05) is 18.9 Å². The summed E-state index contributed by atoms with van der Waals surface area (Å²) in [4.78, 5) is 12.3. The Kier molecular flexibility index (Phi) is 10.5. The average molecular weight is 370 g/mol. The Morgan fingerprint density at radius 2 is 2.20 bits per heavy atom. The van der Waals surface area contributed by atoms with Gasteiger partial charge in [-0.3, -0.25) is 0 Å². The lowest BCUT2D eigenvalue weighted by Crippen LogP contribution is -2.41. The maximum absolute atomic E-state index is 12.7. The molecule has 1 rings (SSSR count). The summed E-state index contributed by atoms with van der Waals surface area (Å²) >= 11 is -1.03. The number of hydrogen-bond acceptors (Lipinski definition) is 4. The minimum absolute atomic E-state index is 0.0848. The first-order chi connectivity index (χ1) is 11.9. The highest BCUT2D eigenvalue weighted by atomic mass is 32.2. The van der Waals surface area contributed by atoms with Crippen molar-refractivity contribution in [3.63, 3.8) is 0 Å². The van der Waals surface area contributed by atoms with Gasteiger partial charge in [-0.25, -0.2) is 4.79 Å². The monoisotopic (exact) mass is 369 g/mol. The van der Waals surface area contributed by atoms with Gasteiger partial charge in [0.2, 0.25) is 0 Å². The maximum Gasteiger partial charge on any atom is 0.335 e. The number of carbonyl (C=O) groups is 1. The van der Waals surface area contributed by atoms with E-state index in [2.05, 4.69) is 33.8 Å². The van der Waals surface area contributed by atoms with E-state index < -0.39 is 11.4 Å². The maximum atomic E-state index is 12.7. The lowest BCUT2D eigenvalue weighted by molar-refractivity contribution is -0.138. The van der Waals surface area contributed by atoms with E-state index >= 15 is 0 Å². The molecule has 0 saturated heterocycles. The van der Waals surface area contributed by atoms with Gasteiger partial charge in [0.1, 0.15) is 5.75 Å². The number of rotatable bonds is 11. The molecule has 25 heavy (non-hydrogen) atoms. The summed E-state index contributed by atoms with van der Waals surface area (Å²) in [5.41, 5.74) is 2.03. The third-order valence-corrected chi connectivity index (χ3v) is 6.05. The van der Waals surface area contributed by atoms with Gasteiger partial charge in [-0.2, -0.15) is 0 Å². The molecule has 0 N–H and O–H groups in total. The summed E-state index contributed by atoms with van der Waals surface area (Å²) in [5, 5.41) is 0. The van der Waals surface area contributed by atoms with Gasteiger partial charge in [-0.05, 0) is 52.4 Å². The fourth-order valence-corrected chi connectivity index (χ4v) is 4.55. The number of carbonyl (C=O) groups excluding carboxylic acids is 1. The van der Waals surface area contributed by atoms with Gasteiger partial charge in [0.05, 0.1) is 24.8 Å². The fourth-order valence-electron chi connectivity index (χ4n) is 3.05. The molecule has 0 spiro atoms. The molecule has 0 radical (unpaired) electrons. The van der Waals surface area contributed by atoms with Crippen LogP contribution in [0.15, 0.2) is 23.3 Å². The smallest absolute Gasteiger partial charge is 0.335 e. The molecule has 1 aliphatic heterocycles.